The van der Waals surface area contributed by atoms with Gasteiger partial charge in [-0.1, -0.05) is 60.7 Å². The minimum atomic E-state index is -0.890. The molecule has 1 saturated heterocycles. The van der Waals surface area contributed by atoms with Gasteiger partial charge >= 0.3 is 5.97 Å². The molecule has 1 heterocycles. The van der Waals surface area contributed by atoms with E-state index >= 15 is 0 Å². The maximum Gasteiger partial charge on any atom is 0.326 e. The van der Waals surface area contributed by atoms with Crippen molar-refractivity contribution in [3.63, 3.8) is 0 Å². The number of aliphatic carboxylic acids is 1. The van der Waals surface area contributed by atoms with Crippen molar-refractivity contribution >= 4 is 11.9 Å². The molecule has 0 bridgehead atoms. The maximum atomic E-state index is 12.8. The number of rotatable bonds is 7. The quantitative estimate of drug-likeness (QED) is 0.830. The molecule has 2 aromatic carbocycles. The molecule has 0 aliphatic carbocycles. The second kappa shape index (κ2) is 8.65. The Balaban J connectivity index is 1.72. The Labute approximate surface area is 154 Å². The third-order valence-electron chi connectivity index (χ3n) is 5.06. The number of hydrogen-bond acceptors (Lipinski definition) is 2. The van der Waals surface area contributed by atoms with Crippen LogP contribution in [0.1, 0.15) is 30.4 Å². The Morgan fingerprint density at radius 3 is 2.00 bits per heavy atom. The predicted molar refractivity (Wildman–Crippen MR) is 101 cm³/mol. The Bertz CT molecular complexity index is 688. The number of likely N-dealkylation sites (tertiary alicyclic amines) is 1. The summed E-state index contributed by atoms with van der Waals surface area (Å²) in [7, 11) is 0. The van der Waals surface area contributed by atoms with E-state index in [9.17, 15) is 14.7 Å². The highest BCUT2D eigenvalue weighted by Gasteiger charge is 2.34. The molecule has 4 nitrogen and oxygen atoms in total. The van der Waals surface area contributed by atoms with Crippen molar-refractivity contribution in [1.29, 1.82) is 0 Å². The first-order valence-electron chi connectivity index (χ1n) is 9.23. The van der Waals surface area contributed by atoms with Crippen LogP contribution in [-0.2, 0) is 22.4 Å². The average molecular weight is 351 g/mol. The molecule has 1 amide bonds. The lowest BCUT2D eigenvalue weighted by molar-refractivity contribution is -0.148. The molecular formula is C22H25NO3. The highest BCUT2D eigenvalue weighted by Crippen LogP contribution is 2.23. The van der Waals surface area contributed by atoms with E-state index in [1.807, 2.05) is 36.4 Å². The highest BCUT2D eigenvalue weighted by atomic mass is 16.4. The van der Waals surface area contributed by atoms with Gasteiger partial charge < -0.3 is 10.0 Å². The minimum Gasteiger partial charge on any atom is -0.480 e. The van der Waals surface area contributed by atoms with Gasteiger partial charge in [0.15, 0.2) is 0 Å². The van der Waals surface area contributed by atoms with Gasteiger partial charge in [0.25, 0.3) is 0 Å². The maximum absolute atomic E-state index is 12.8. The number of carbonyl (C=O) groups excluding carboxylic acids is 1. The molecule has 0 aromatic heterocycles. The number of carboxylic acid groups (broad SMARTS) is 1. The number of amides is 1. The van der Waals surface area contributed by atoms with Crippen molar-refractivity contribution in [3.8, 4) is 0 Å². The largest absolute Gasteiger partial charge is 0.480 e. The van der Waals surface area contributed by atoms with Gasteiger partial charge in [-0.15, -0.1) is 0 Å². The molecule has 1 atom stereocenters. The minimum absolute atomic E-state index is 0.0354. The van der Waals surface area contributed by atoms with Gasteiger partial charge in [0, 0.05) is 13.0 Å². The van der Waals surface area contributed by atoms with Gasteiger partial charge in [-0.2, -0.15) is 0 Å². The smallest absolute Gasteiger partial charge is 0.326 e. The fraction of sp³-hybridized carbons (Fsp3) is 0.364. The number of carboxylic acids is 1. The second-order valence-electron chi connectivity index (χ2n) is 7.03. The lowest BCUT2D eigenvalue weighted by Crippen LogP contribution is -2.41. The fourth-order valence-corrected chi connectivity index (χ4v) is 3.80. The molecule has 0 unspecified atom stereocenters. The van der Waals surface area contributed by atoms with Crippen LogP contribution in [0.2, 0.25) is 0 Å². The van der Waals surface area contributed by atoms with Crippen molar-refractivity contribution in [3.05, 3.63) is 71.8 Å². The van der Waals surface area contributed by atoms with E-state index in [0.29, 0.717) is 19.4 Å². The molecule has 26 heavy (non-hydrogen) atoms. The van der Waals surface area contributed by atoms with E-state index in [4.69, 9.17) is 0 Å². The standard InChI is InChI=1S/C22H25NO3/c24-21(23-13-7-12-20(23)22(25)26)16-19(14-17-8-3-1-4-9-17)15-18-10-5-2-6-11-18/h1-6,8-11,19-20H,7,12-16H2,(H,25,26)/t20-/m0/s1. The van der Waals surface area contributed by atoms with Gasteiger partial charge in [0.05, 0.1) is 0 Å². The van der Waals surface area contributed by atoms with E-state index in [0.717, 1.165) is 19.3 Å². The topological polar surface area (TPSA) is 57.6 Å². The highest BCUT2D eigenvalue weighted by molar-refractivity contribution is 5.84. The van der Waals surface area contributed by atoms with Crippen LogP contribution in [0.15, 0.2) is 60.7 Å². The van der Waals surface area contributed by atoms with Gasteiger partial charge in [-0.05, 0) is 42.7 Å². The molecule has 136 valence electrons. The second-order valence-corrected chi connectivity index (χ2v) is 7.03. The van der Waals surface area contributed by atoms with Crippen LogP contribution in [0, 0.1) is 5.92 Å². The third-order valence-corrected chi connectivity index (χ3v) is 5.06. The number of carbonyl (C=O) groups is 2. The van der Waals surface area contributed by atoms with Crippen molar-refractivity contribution < 1.29 is 14.7 Å². The van der Waals surface area contributed by atoms with E-state index in [1.54, 1.807) is 4.90 Å². The number of hydrogen-bond donors (Lipinski definition) is 1. The van der Waals surface area contributed by atoms with Crippen LogP contribution < -0.4 is 0 Å². The Morgan fingerprint density at radius 1 is 0.962 bits per heavy atom. The van der Waals surface area contributed by atoms with Crippen LogP contribution in [-0.4, -0.2) is 34.5 Å². The molecule has 4 heteroatoms. The van der Waals surface area contributed by atoms with Gasteiger partial charge in [0.1, 0.15) is 6.04 Å². The first kappa shape index (κ1) is 18.2. The molecule has 1 fully saturated rings. The molecule has 1 aliphatic rings. The lowest BCUT2D eigenvalue weighted by atomic mass is 9.89. The molecule has 0 radical (unpaired) electrons. The van der Waals surface area contributed by atoms with Crippen LogP contribution in [0.3, 0.4) is 0 Å². The van der Waals surface area contributed by atoms with E-state index in [1.165, 1.54) is 11.1 Å². The Morgan fingerprint density at radius 2 is 1.50 bits per heavy atom. The molecule has 0 saturated carbocycles. The summed E-state index contributed by atoms with van der Waals surface area (Å²) >= 11 is 0. The number of benzene rings is 2. The zero-order chi connectivity index (χ0) is 18.4. The van der Waals surface area contributed by atoms with Crippen molar-refractivity contribution in [2.45, 2.75) is 38.1 Å². The van der Waals surface area contributed by atoms with Gasteiger partial charge in [-0.25, -0.2) is 4.79 Å². The van der Waals surface area contributed by atoms with Crippen LogP contribution >= 0.6 is 0 Å². The summed E-state index contributed by atoms with van der Waals surface area (Å²) in [6, 6.07) is 19.7. The average Bonchev–Trinajstić information content (AvgIpc) is 3.14. The lowest BCUT2D eigenvalue weighted by Gasteiger charge is -2.25. The first-order chi connectivity index (χ1) is 12.6. The predicted octanol–water partition coefficient (Wildman–Crippen LogP) is 3.55. The first-order valence-corrected chi connectivity index (χ1v) is 9.23. The Hall–Kier alpha value is -2.62. The SMILES string of the molecule is O=C(O)[C@@H]1CCCN1C(=O)CC(Cc1ccccc1)Cc1ccccc1. The van der Waals surface area contributed by atoms with E-state index in [-0.39, 0.29) is 11.8 Å². The number of nitrogens with zero attached hydrogens (tertiary/aromatic N) is 1. The van der Waals surface area contributed by atoms with Crippen molar-refractivity contribution in [2.75, 3.05) is 6.54 Å². The van der Waals surface area contributed by atoms with Gasteiger partial charge in [0.2, 0.25) is 5.91 Å². The molecule has 2 aromatic rings. The fourth-order valence-electron chi connectivity index (χ4n) is 3.80. The van der Waals surface area contributed by atoms with Crippen molar-refractivity contribution in [1.82, 2.24) is 4.90 Å². The summed E-state index contributed by atoms with van der Waals surface area (Å²) in [5.74, 6) is -0.771. The molecule has 0 spiro atoms. The molecule has 3 rings (SSSR count). The monoisotopic (exact) mass is 351 g/mol. The van der Waals surface area contributed by atoms with Gasteiger partial charge in [-0.3, -0.25) is 4.79 Å². The van der Waals surface area contributed by atoms with Crippen molar-refractivity contribution in [2.24, 2.45) is 5.92 Å². The summed E-state index contributed by atoms with van der Waals surface area (Å²) < 4.78 is 0. The summed E-state index contributed by atoms with van der Waals surface area (Å²) in [6.07, 6.45) is 3.33. The van der Waals surface area contributed by atoms with E-state index in [2.05, 4.69) is 24.3 Å². The Kier molecular flexibility index (Phi) is 6.05. The van der Waals surface area contributed by atoms with Crippen LogP contribution in [0.4, 0.5) is 0 Å². The zero-order valence-electron chi connectivity index (χ0n) is 14.9. The van der Waals surface area contributed by atoms with Crippen LogP contribution in [0.25, 0.3) is 0 Å². The third kappa shape index (κ3) is 4.72. The molecular weight excluding hydrogens is 326 g/mol. The summed E-state index contributed by atoms with van der Waals surface area (Å²) in [5.41, 5.74) is 2.41. The zero-order valence-corrected chi connectivity index (χ0v) is 14.9. The molecule has 1 aliphatic heterocycles. The summed E-state index contributed by atoms with van der Waals surface area (Å²) in [6.45, 7) is 0.555. The van der Waals surface area contributed by atoms with Crippen LogP contribution in [0.5, 0.6) is 0 Å². The molecule has 1 N–H and O–H groups in total. The summed E-state index contributed by atoms with van der Waals surface area (Å²) in [4.78, 5) is 25.8. The summed E-state index contributed by atoms with van der Waals surface area (Å²) in [5, 5.41) is 9.34. The van der Waals surface area contributed by atoms with E-state index < -0.39 is 12.0 Å². The normalized spacial score (nSPS) is 16.8.